The van der Waals surface area contributed by atoms with Crippen LogP contribution in [0.3, 0.4) is 0 Å². The summed E-state index contributed by atoms with van der Waals surface area (Å²) in [4.78, 5) is 12.5. The fourth-order valence-electron chi connectivity index (χ4n) is 2.90. The van der Waals surface area contributed by atoms with Crippen molar-refractivity contribution in [2.45, 2.75) is 31.8 Å². The Morgan fingerprint density at radius 1 is 1.21 bits per heavy atom. The summed E-state index contributed by atoms with van der Waals surface area (Å²) < 4.78 is 5.26. The molecule has 3 N–H and O–H groups in total. The normalized spacial score (nSPS) is 19.9. The van der Waals surface area contributed by atoms with Crippen LogP contribution in [0.1, 0.15) is 30.5 Å². The van der Waals surface area contributed by atoms with Crippen molar-refractivity contribution in [3.63, 3.8) is 0 Å². The lowest BCUT2D eigenvalue weighted by molar-refractivity contribution is -0.117. The number of nitrogens with one attached hydrogen (secondary N) is 3. The van der Waals surface area contributed by atoms with Gasteiger partial charge in [-0.1, -0.05) is 31.2 Å². The lowest BCUT2D eigenvalue weighted by Gasteiger charge is -2.12. The first kappa shape index (κ1) is 16.5. The molecule has 1 fully saturated rings. The van der Waals surface area contributed by atoms with Crippen molar-refractivity contribution < 1.29 is 9.53 Å². The Morgan fingerprint density at radius 2 is 2.04 bits per heavy atom. The number of amides is 1. The Hall–Kier alpha value is -2.37. The van der Waals surface area contributed by atoms with Crippen molar-refractivity contribution in [3.8, 4) is 5.75 Å². The minimum absolute atomic E-state index is 0.0267. The van der Waals surface area contributed by atoms with Gasteiger partial charge in [-0.3, -0.25) is 4.79 Å². The fourth-order valence-corrected chi connectivity index (χ4v) is 2.90. The van der Waals surface area contributed by atoms with Crippen LogP contribution in [-0.4, -0.2) is 19.1 Å². The predicted molar refractivity (Wildman–Crippen MR) is 94.9 cm³/mol. The lowest BCUT2D eigenvalue weighted by Crippen LogP contribution is -2.39. The van der Waals surface area contributed by atoms with Crippen molar-refractivity contribution in [1.29, 1.82) is 0 Å². The van der Waals surface area contributed by atoms with Gasteiger partial charge < -0.3 is 10.1 Å². The van der Waals surface area contributed by atoms with E-state index in [9.17, 15) is 4.79 Å². The molecule has 2 unspecified atom stereocenters. The van der Waals surface area contributed by atoms with E-state index in [0.717, 1.165) is 23.4 Å². The Bertz CT molecular complexity index is 717. The minimum Gasteiger partial charge on any atom is -0.497 e. The van der Waals surface area contributed by atoms with Crippen molar-refractivity contribution in [2.75, 3.05) is 12.4 Å². The lowest BCUT2D eigenvalue weighted by atomic mass is 10.0. The van der Waals surface area contributed by atoms with Gasteiger partial charge in [0.1, 0.15) is 11.8 Å². The minimum atomic E-state index is -0.272. The first-order valence-corrected chi connectivity index (χ1v) is 8.24. The second-order valence-corrected chi connectivity index (χ2v) is 5.95. The van der Waals surface area contributed by atoms with E-state index in [4.69, 9.17) is 4.74 Å². The number of carbonyl (C=O) groups is 1. The monoisotopic (exact) mass is 325 g/mol. The van der Waals surface area contributed by atoms with Crippen LogP contribution in [0.25, 0.3) is 0 Å². The van der Waals surface area contributed by atoms with Gasteiger partial charge in [-0.15, -0.1) is 0 Å². The van der Waals surface area contributed by atoms with Crippen LogP contribution in [0.15, 0.2) is 48.5 Å². The second kappa shape index (κ2) is 7.47. The number of hydrogen-bond donors (Lipinski definition) is 3. The molecule has 1 saturated heterocycles. The van der Waals surface area contributed by atoms with Crippen molar-refractivity contribution in [1.82, 2.24) is 10.9 Å². The van der Waals surface area contributed by atoms with E-state index in [1.54, 1.807) is 7.11 Å². The molecule has 1 heterocycles. The van der Waals surface area contributed by atoms with Gasteiger partial charge in [0.15, 0.2) is 0 Å². The number of carbonyl (C=O) groups excluding carboxylic acids is 1. The number of benzene rings is 2. The van der Waals surface area contributed by atoms with Crippen molar-refractivity contribution >= 4 is 11.6 Å². The third-order valence-electron chi connectivity index (χ3n) is 4.32. The van der Waals surface area contributed by atoms with E-state index < -0.39 is 0 Å². The molecule has 0 bridgehead atoms. The Labute approximate surface area is 142 Å². The molecule has 2 atom stereocenters. The molecular formula is C19H23N3O2. The van der Waals surface area contributed by atoms with Crippen molar-refractivity contribution in [3.05, 3.63) is 59.7 Å². The van der Waals surface area contributed by atoms with Crippen LogP contribution in [-0.2, 0) is 11.2 Å². The third kappa shape index (κ3) is 3.75. The molecule has 0 aliphatic carbocycles. The number of anilines is 1. The number of hydrogen-bond acceptors (Lipinski definition) is 4. The maximum absolute atomic E-state index is 12.5. The van der Waals surface area contributed by atoms with Gasteiger partial charge in [0, 0.05) is 11.7 Å². The maximum Gasteiger partial charge on any atom is 0.242 e. The summed E-state index contributed by atoms with van der Waals surface area (Å²) in [5, 5.41) is 2.99. The Kier molecular flexibility index (Phi) is 5.13. The SMILES string of the molecule is CCc1cccc(NC(=O)C2CC(c3cccc(OC)c3)NN2)c1. The summed E-state index contributed by atoms with van der Waals surface area (Å²) in [6.07, 6.45) is 1.64. The van der Waals surface area contributed by atoms with E-state index in [1.807, 2.05) is 42.5 Å². The van der Waals surface area contributed by atoms with E-state index >= 15 is 0 Å². The molecule has 1 aliphatic heterocycles. The number of methoxy groups -OCH3 is 1. The molecule has 0 radical (unpaired) electrons. The third-order valence-corrected chi connectivity index (χ3v) is 4.32. The summed E-state index contributed by atoms with van der Waals surface area (Å²) in [6.45, 7) is 2.10. The van der Waals surface area contributed by atoms with Gasteiger partial charge in [0.2, 0.25) is 5.91 Å². The quantitative estimate of drug-likeness (QED) is 0.791. The highest BCUT2D eigenvalue weighted by Crippen LogP contribution is 2.25. The van der Waals surface area contributed by atoms with Crippen molar-refractivity contribution in [2.24, 2.45) is 0 Å². The smallest absolute Gasteiger partial charge is 0.242 e. The van der Waals surface area contributed by atoms with Crippen LogP contribution >= 0.6 is 0 Å². The molecule has 5 nitrogen and oxygen atoms in total. The topological polar surface area (TPSA) is 62.4 Å². The highest BCUT2D eigenvalue weighted by atomic mass is 16.5. The molecular weight excluding hydrogens is 302 g/mol. The average molecular weight is 325 g/mol. The van der Waals surface area contributed by atoms with Gasteiger partial charge >= 0.3 is 0 Å². The summed E-state index contributed by atoms with van der Waals surface area (Å²) in [7, 11) is 1.65. The molecule has 24 heavy (non-hydrogen) atoms. The summed E-state index contributed by atoms with van der Waals surface area (Å²) >= 11 is 0. The zero-order valence-electron chi connectivity index (χ0n) is 14.0. The molecule has 2 aromatic rings. The summed E-state index contributed by atoms with van der Waals surface area (Å²) in [6, 6.07) is 15.7. The van der Waals surface area contributed by atoms with Crippen LogP contribution in [0, 0.1) is 0 Å². The maximum atomic E-state index is 12.5. The number of ether oxygens (including phenoxy) is 1. The van der Waals surface area contributed by atoms with Gasteiger partial charge in [-0.05, 0) is 48.2 Å². The average Bonchev–Trinajstić information content (AvgIpc) is 3.12. The van der Waals surface area contributed by atoms with E-state index in [-0.39, 0.29) is 18.0 Å². The second-order valence-electron chi connectivity index (χ2n) is 5.95. The molecule has 0 aromatic heterocycles. The summed E-state index contributed by atoms with van der Waals surface area (Å²) in [5.74, 6) is 0.791. The molecule has 1 aliphatic rings. The van der Waals surface area contributed by atoms with Crippen LogP contribution in [0.5, 0.6) is 5.75 Å². The molecule has 126 valence electrons. The molecule has 3 rings (SSSR count). The molecule has 5 heteroatoms. The first-order chi connectivity index (χ1) is 11.7. The van der Waals surface area contributed by atoms with Gasteiger partial charge in [0.05, 0.1) is 7.11 Å². The number of aryl methyl sites for hydroxylation is 1. The first-order valence-electron chi connectivity index (χ1n) is 8.24. The zero-order chi connectivity index (χ0) is 16.9. The predicted octanol–water partition coefficient (Wildman–Crippen LogP) is 2.80. The van der Waals surface area contributed by atoms with E-state index in [2.05, 4.69) is 29.2 Å². The number of rotatable bonds is 5. The fraction of sp³-hybridized carbons (Fsp3) is 0.316. The van der Waals surface area contributed by atoms with E-state index in [0.29, 0.717) is 6.42 Å². The summed E-state index contributed by atoms with van der Waals surface area (Å²) in [5.41, 5.74) is 9.43. The van der Waals surface area contributed by atoms with E-state index in [1.165, 1.54) is 5.56 Å². The highest BCUT2D eigenvalue weighted by molar-refractivity contribution is 5.95. The van der Waals surface area contributed by atoms with Crippen LogP contribution in [0.2, 0.25) is 0 Å². The van der Waals surface area contributed by atoms with Gasteiger partial charge in [-0.2, -0.15) is 0 Å². The van der Waals surface area contributed by atoms with Crippen LogP contribution < -0.4 is 20.9 Å². The molecule has 0 saturated carbocycles. The Morgan fingerprint density at radius 3 is 2.83 bits per heavy atom. The molecule has 2 aromatic carbocycles. The van der Waals surface area contributed by atoms with Gasteiger partial charge in [-0.25, -0.2) is 10.9 Å². The standard InChI is InChI=1S/C19H23N3O2/c1-3-13-6-4-8-15(10-13)20-19(23)18-12-17(21-22-18)14-7-5-9-16(11-14)24-2/h4-11,17-18,21-22H,3,12H2,1-2H3,(H,20,23). The van der Waals surface area contributed by atoms with Crippen LogP contribution in [0.4, 0.5) is 5.69 Å². The molecule has 0 spiro atoms. The largest absolute Gasteiger partial charge is 0.497 e. The Balaban J connectivity index is 1.63. The highest BCUT2D eigenvalue weighted by Gasteiger charge is 2.30. The van der Waals surface area contributed by atoms with Gasteiger partial charge in [0.25, 0.3) is 0 Å². The molecule has 1 amide bonds. The zero-order valence-corrected chi connectivity index (χ0v) is 14.0. The number of hydrazine groups is 1.